The molecule has 1 saturated heterocycles. The number of hydrogen-bond donors (Lipinski definition) is 2. The Balaban J connectivity index is 1.55. The zero-order valence-corrected chi connectivity index (χ0v) is 19.1. The molecule has 4 heterocycles. The topological polar surface area (TPSA) is 102 Å². The number of nitrogens with one attached hydrogen (secondary N) is 1. The molecule has 5 rings (SSSR count). The maximum absolute atomic E-state index is 13.8. The van der Waals surface area contributed by atoms with Gasteiger partial charge in [-0.2, -0.15) is 18.2 Å². The van der Waals surface area contributed by atoms with Gasteiger partial charge in [-0.3, -0.25) is 0 Å². The number of thiazole rings is 1. The minimum absolute atomic E-state index is 0.0728. The van der Waals surface area contributed by atoms with E-state index in [9.17, 15) is 13.2 Å². The number of aromatic nitrogens is 4. The van der Waals surface area contributed by atoms with Gasteiger partial charge < -0.3 is 20.7 Å². The van der Waals surface area contributed by atoms with Crippen molar-refractivity contribution in [3.8, 4) is 22.5 Å². The van der Waals surface area contributed by atoms with Crippen molar-refractivity contribution in [3.05, 3.63) is 59.6 Å². The van der Waals surface area contributed by atoms with Crippen molar-refractivity contribution >= 4 is 34.1 Å². The number of nitrogen functional groups attached to an aromatic ring is 1. The van der Waals surface area contributed by atoms with Crippen LogP contribution in [-0.2, 0) is 10.9 Å². The molecule has 3 N–H and O–H groups in total. The highest BCUT2D eigenvalue weighted by atomic mass is 32.1. The van der Waals surface area contributed by atoms with Crippen LogP contribution in [-0.4, -0.2) is 46.2 Å². The second kappa shape index (κ2) is 9.47. The number of halogens is 3. The summed E-state index contributed by atoms with van der Waals surface area (Å²) in [6, 6.07) is 11.9. The molecule has 4 aromatic rings. The highest BCUT2D eigenvalue weighted by Gasteiger charge is 2.35. The molecule has 3 aromatic heterocycles. The maximum atomic E-state index is 13.8. The summed E-state index contributed by atoms with van der Waals surface area (Å²) in [5.74, 6) is 0.381. The zero-order chi connectivity index (χ0) is 24.4. The van der Waals surface area contributed by atoms with Crippen LogP contribution in [0, 0.1) is 0 Å². The molecule has 12 heteroatoms. The number of nitrogens with zero attached hydrogens (tertiary/aromatic N) is 5. The number of nitrogens with two attached hydrogens (primary N) is 1. The van der Waals surface area contributed by atoms with Crippen molar-refractivity contribution in [1.29, 1.82) is 0 Å². The number of rotatable bonds is 5. The molecular weight excluding hydrogens is 479 g/mol. The molecular formula is C23H20F3N7OS. The second-order valence-electron chi connectivity index (χ2n) is 7.72. The van der Waals surface area contributed by atoms with Crippen molar-refractivity contribution in [2.45, 2.75) is 6.18 Å². The van der Waals surface area contributed by atoms with E-state index in [1.54, 1.807) is 0 Å². The highest BCUT2D eigenvalue weighted by Crippen LogP contribution is 2.38. The van der Waals surface area contributed by atoms with Gasteiger partial charge in [-0.25, -0.2) is 15.0 Å². The van der Waals surface area contributed by atoms with Crippen molar-refractivity contribution in [2.75, 3.05) is 42.3 Å². The number of morpholine rings is 1. The number of hydrogen-bond acceptors (Lipinski definition) is 9. The lowest BCUT2D eigenvalue weighted by molar-refractivity contribution is -0.137. The van der Waals surface area contributed by atoms with Gasteiger partial charge in [0, 0.05) is 41.9 Å². The van der Waals surface area contributed by atoms with E-state index in [1.165, 1.54) is 17.4 Å². The fourth-order valence-electron chi connectivity index (χ4n) is 3.63. The van der Waals surface area contributed by atoms with Gasteiger partial charge in [-0.15, -0.1) is 11.3 Å². The van der Waals surface area contributed by atoms with Crippen molar-refractivity contribution in [3.63, 3.8) is 0 Å². The lowest BCUT2D eigenvalue weighted by atomic mass is 10.1. The molecule has 0 spiro atoms. The Morgan fingerprint density at radius 2 is 1.77 bits per heavy atom. The molecule has 1 fully saturated rings. The minimum atomic E-state index is -4.63. The molecule has 8 nitrogen and oxygen atoms in total. The number of alkyl halides is 3. The van der Waals surface area contributed by atoms with Crippen LogP contribution in [0.4, 0.5) is 35.9 Å². The lowest BCUT2D eigenvalue weighted by Gasteiger charge is -2.27. The largest absolute Gasteiger partial charge is 0.417 e. The van der Waals surface area contributed by atoms with Crippen LogP contribution < -0.4 is 16.0 Å². The predicted octanol–water partition coefficient (Wildman–Crippen LogP) is 4.84. The van der Waals surface area contributed by atoms with Crippen LogP contribution in [0.5, 0.6) is 0 Å². The third kappa shape index (κ3) is 5.17. The molecule has 0 atom stereocenters. The first-order valence-electron chi connectivity index (χ1n) is 10.7. The molecule has 1 aliphatic heterocycles. The molecule has 0 radical (unpaired) electrons. The summed E-state index contributed by atoms with van der Waals surface area (Å²) in [5.41, 5.74) is 6.26. The van der Waals surface area contributed by atoms with E-state index in [0.717, 1.165) is 23.5 Å². The van der Waals surface area contributed by atoms with Gasteiger partial charge in [0.15, 0.2) is 5.13 Å². The van der Waals surface area contributed by atoms with E-state index in [1.807, 2.05) is 40.6 Å². The molecule has 0 aliphatic carbocycles. The second-order valence-corrected chi connectivity index (χ2v) is 8.58. The third-order valence-corrected chi connectivity index (χ3v) is 6.08. The van der Waals surface area contributed by atoms with Crippen LogP contribution in [0.25, 0.3) is 22.5 Å². The van der Waals surface area contributed by atoms with Gasteiger partial charge in [0.1, 0.15) is 11.6 Å². The first-order chi connectivity index (χ1) is 16.9. The summed E-state index contributed by atoms with van der Waals surface area (Å²) in [4.78, 5) is 19.3. The molecule has 1 aromatic carbocycles. The average molecular weight is 500 g/mol. The molecule has 35 heavy (non-hydrogen) atoms. The van der Waals surface area contributed by atoms with Gasteiger partial charge in [-0.1, -0.05) is 30.3 Å². The Labute approximate surface area is 202 Å². The van der Waals surface area contributed by atoms with Crippen LogP contribution in [0.1, 0.15) is 5.56 Å². The Morgan fingerprint density at radius 3 is 2.51 bits per heavy atom. The number of pyridine rings is 1. The van der Waals surface area contributed by atoms with E-state index in [2.05, 4.69) is 25.3 Å². The standard InChI is InChI=1S/C23H20F3N7OS/c24-23(25,26)16-10-19(27)28-12-15(16)17-11-20(31-21(29-17)33-6-8-34-9-7-33)32-22-30-18(13-35-22)14-4-2-1-3-5-14/h1-5,10-13H,6-9H2,(H2,27,28)(H,29,30,31,32). The maximum Gasteiger partial charge on any atom is 0.417 e. The van der Waals surface area contributed by atoms with E-state index >= 15 is 0 Å². The molecule has 0 bridgehead atoms. The van der Waals surface area contributed by atoms with Gasteiger partial charge in [0.2, 0.25) is 5.95 Å². The molecule has 0 saturated carbocycles. The number of benzene rings is 1. The summed E-state index contributed by atoms with van der Waals surface area (Å²) in [6.45, 7) is 1.98. The van der Waals surface area contributed by atoms with Gasteiger partial charge in [-0.05, 0) is 6.07 Å². The van der Waals surface area contributed by atoms with Crippen LogP contribution in [0.3, 0.4) is 0 Å². The van der Waals surface area contributed by atoms with Gasteiger partial charge >= 0.3 is 6.18 Å². The SMILES string of the molecule is Nc1cc(C(F)(F)F)c(-c2cc(Nc3nc(-c4ccccc4)cs3)nc(N3CCOCC3)n2)cn1. The monoisotopic (exact) mass is 499 g/mol. The summed E-state index contributed by atoms with van der Waals surface area (Å²) < 4.78 is 46.8. The molecule has 0 amide bonds. The summed E-state index contributed by atoms with van der Waals surface area (Å²) in [5, 5.41) is 5.57. The van der Waals surface area contributed by atoms with Gasteiger partial charge in [0.05, 0.1) is 30.2 Å². The van der Waals surface area contributed by atoms with Crippen LogP contribution in [0.2, 0.25) is 0 Å². The van der Waals surface area contributed by atoms with Crippen molar-refractivity contribution in [1.82, 2.24) is 19.9 Å². The van der Waals surface area contributed by atoms with Crippen molar-refractivity contribution in [2.24, 2.45) is 0 Å². The summed E-state index contributed by atoms with van der Waals surface area (Å²) >= 11 is 1.37. The Hall–Kier alpha value is -3.77. The lowest BCUT2D eigenvalue weighted by Crippen LogP contribution is -2.37. The first kappa shape index (κ1) is 23.0. The van der Waals surface area contributed by atoms with Crippen molar-refractivity contribution < 1.29 is 17.9 Å². The number of anilines is 4. The quantitative estimate of drug-likeness (QED) is 0.402. The van der Waals surface area contributed by atoms with E-state index < -0.39 is 11.7 Å². The molecule has 0 unspecified atom stereocenters. The summed E-state index contributed by atoms with van der Waals surface area (Å²) in [7, 11) is 0. The highest BCUT2D eigenvalue weighted by molar-refractivity contribution is 7.14. The fraction of sp³-hybridized carbons (Fsp3) is 0.217. The van der Waals surface area contributed by atoms with Crippen LogP contribution in [0.15, 0.2) is 54.0 Å². The molecule has 180 valence electrons. The fourth-order valence-corrected chi connectivity index (χ4v) is 4.36. The Morgan fingerprint density at radius 1 is 1.00 bits per heavy atom. The minimum Gasteiger partial charge on any atom is -0.384 e. The Bertz CT molecular complexity index is 1320. The van der Waals surface area contributed by atoms with E-state index in [4.69, 9.17) is 10.5 Å². The number of ether oxygens (including phenoxy) is 1. The molecule has 1 aliphatic rings. The van der Waals surface area contributed by atoms with E-state index in [-0.39, 0.29) is 23.0 Å². The first-order valence-corrected chi connectivity index (χ1v) is 11.6. The van der Waals surface area contributed by atoms with Gasteiger partial charge in [0.25, 0.3) is 0 Å². The third-order valence-electron chi connectivity index (χ3n) is 5.32. The average Bonchev–Trinajstić information content (AvgIpc) is 3.33. The van der Waals surface area contributed by atoms with E-state index in [0.29, 0.717) is 37.3 Å². The smallest absolute Gasteiger partial charge is 0.384 e. The zero-order valence-electron chi connectivity index (χ0n) is 18.3. The normalized spacial score (nSPS) is 14.2. The Kier molecular flexibility index (Phi) is 6.22. The predicted molar refractivity (Wildman–Crippen MR) is 129 cm³/mol. The summed E-state index contributed by atoms with van der Waals surface area (Å²) in [6.07, 6.45) is -3.55. The van der Waals surface area contributed by atoms with Crippen LogP contribution >= 0.6 is 11.3 Å².